The minimum Gasteiger partial charge on any atom is -0.497 e. The molecule has 3 N–H and O–H groups in total. The number of amides is 4. The van der Waals surface area contributed by atoms with E-state index < -0.39 is 97.0 Å². The number of allylic oxidation sites excluding steroid dienone is 1. The fourth-order valence-corrected chi connectivity index (χ4v) is 10.9. The van der Waals surface area contributed by atoms with Gasteiger partial charge in [-0.1, -0.05) is 25.0 Å². The molecule has 6 atom stereocenters. The van der Waals surface area contributed by atoms with Gasteiger partial charge >= 0.3 is 12.3 Å². The van der Waals surface area contributed by atoms with Gasteiger partial charge in [-0.2, -0.15) is 13.2 Å². The van der Waals surface area contributed by atoms with Crippen LogP contribution in [0.5, 0.6) is 11.5 Å². The highest BCUT2D eigenvalue weighted by atomic mass is 32.2. The Balaban J connectivity index is 1.23. The number of nitrogens with zero attached hydrogens (tertiary/aromatic N) is 3. The Morgan fingerprint density at radius 3 is 2.41 bits per heavy atom. The highest BCUT2D eigenvalue weighted by Crippen LogP contribution is 2.54. The molecular formula is C44H57F3N6O10S. The number of fused-ring (bicyclic) bond motifs is 5. The average molecular weight is 919 g/mol. The molecular weight excluding hydrogens is 862 g/mol. The third kappa shape index (κ3) is 8.97. The van der Waals surface area contributed by atoms with Crippen molar-refractivity contribution in [3.8, 4) is 11.5 Å². The Kier molecular flexibility index (Phi) is 11.9. The van der Waals surface area contributed by atoms with Crippen molar-refractivity contribution in [2.75, 3.05) is 40.0 Å². The number of alkyl carbamates (subject to hydrolysis) is 1. The first-order chi connectivity index (χ1) is 30.1. The molecule has 16 nitrogen and oxygen atoms in total. The summed E-state index contributed by atoms with van der Waals surface area (Å²) < 4.78 is 96.9. The van der Waals surface area contributed by atoms with Crippen LogP contribution in [0.3, 0.4) is 0 Å². The van der Waals surface area contributed by atoms with Gasteiger partial charge in [-0.05, 0) is 84.4 Å². The van der Waals surface area contributed by atoms with E-state index in [-0.39, 0.29) is 43.3 Å². The van der Waals surface area contributed by atoms with Crippen LogP contribution in [-0.4, -0.2) is 121 Å². The quantitative estimate of drug-likeness (QED) is 0.327. The highest BCUT2D eigenvalue weighted by molar-refractivity contribution is 7.91. The second-order valence-corrected chi connectivity index (χ2v) is 21.5. The van der Waals surface area contributed by atoms with Crippen molar-refractivity contribution in [3.63, 3.8) is 0 Å². The van der Waals surface area contributed by atoms with Gasteiger partial charge in [0, 0.05) is 48.8 Å². The third-order valence-electron chi connectivity index (χ3n) is 13.5. The van der Waals surface area contributed by atoms with Crippen molar-refractivity contribution < 1.29 is 59.7 Å². The van der Waals surface area contributed by atoms with Crippen LogP contribution in [0.4, 0.5) is 18.0 Å². The van der Waals surface area contributed by atoms with Crippen LogP contribution in [0.25, 0.3) is 10.9 Å². The first-order valence-corrected chi connectivity index (χ1v) is 23.5. The lowest BCUT2D eigenvalue weighted by molar-refractivity contribution is -0.145. The monoisotopic (exact) mass is 918 g/mol. The fourth-order valence-electron chi connectivity index (χ4n) is 9.57. The number of methoxy groups -OCH3 is 1. The molecule has 64 heavy (non-hydrogen) atoms. The maximum absolute atomic E-state index is 15.3. The molecule has 2 saturated heterocycles. The molecule has 4 fully saturated rings. The predicted molar refractivity (Wildman–Crippen MR) is 226 cm³/mol. The molecule has 350 valence electrons. The van der Waals surface area contributed by atoms with Crippen molar-refractivity contribution in [1.82, 2.24) is 30.1 Å². The molecule has 8 rings (SSSR count). The summed E-state index contributed by atoms with van der Waals surface area (Å²) >= 11 is 0. The summed E-state index contributed by atoms with van der Waals surface area (Å²) in [6.07, 6.45) is 0.902. The second kappa shape index (κ2) is 16.6. The number of aromatic nitrogens is 1. The van der Waals surface area contributed by atoms with E-state index in [4.69, 9.17) is 18.9 Å². The maximum atomic E-state index is 15.3. The zero-order valence-electron chi connectivity index (χ0n) is 36.8. The first-order valence-electron chi connectivity index (χ1n) is 22.0. The number of benzene rings is 1. The van der Waals surface area contributed by atoms with Crippen molar-refractivity contribution in [3.05, 3.63) is 41.6 Å². The lowest BCUT2D eigenvalue weighted by atomic mass is 9.82. The topological polar surface area (TPSA) is 195 Å². The zero-order valence-corrected chi connectivity index (χ0v) is 37.6. The number of halogens is 3. The van der Waals surface area contributed by atoms with Crippen LogP contribution < -0.4 is 24.8 Å². The molecule has 20 heteroatoms. The molecule has 0 bridgehead atoms. The minimum absolute atomic E-state index is 0.0269. The first kappa shape index (κ1) is 45.9. The maximum Gasteiger partial charge on any atom is 0.437 e. The van der Waals surface area contributed by atoms with E-state index >= 15 is 18.0 Å². The largest absolute Gasteiger partial charge is 0.497 e. The summed E-state index contributed by atoms with van der Waals surface area (Å²) in [7, 11) is -2.68. The number of pyridine rings is 1. The number of carbonyl (C=O) groups excluding carboxylic acids is 4. The van der Waals surface area contributed by atoms with Crippen LogP contribution in [0.15, 0.2) is 30.4 Å². The molecule has 2 aromatic rings. The number of alkyl halides is 3. The summed E-state index contributed by atoms with van der Waals surface area (Å²) in [6.45, 7) is 7.50. The van der Waals surface area contributed by atoms with E-state index in [0.29, 0.717) is 76.0 Å². The number of hydrogen-bond donors (Lipinski definition) is 3. The van der Waals surface area contributed by atoms with Crippen LogP contribution in [0.2, 0.25) is 0 Å². The number of ether oxygens (including phenoxy) is 4. The van der Waals surface area contributed by atoms with Gasteiger partial charge < -0.3 is 34.5 Å². The normalized spacial score (nSPS) is 30.3. The molecule has 1 aromatic heterocycles. The SMILES string of the molecule is COc1ccc2nc(C(F)(F)F)c3c(c2c1)C(N1CCOCC1)C[C@]1(C[C@H]2C(=O)N[C@]4(C(=O)NS(=O)(=O)C5(C)CC5)C[C@H]4/C=C\CCCCC[C@H](NC(=O)OC(C)(C)C)C(=O)N2C1)O3. The van der Waals surface area contributed by atoms with E-state index in [9.17, 15) is 22.8 Å². The Hall–Kier alpha value is -4.69. The summed E-state index contributed by atoms with van der Waals surface area (Å²) in [6, 6.07) is 1.20. The van der Waals surface area contributed by atoms with E-state index in [1.807, 2.05) is 11.0 Å². The predicted octanol–water partition coefficient (Wildman–Crippen LogP) is 5.04. The molecule has 2 saturated carbocycles. The smallest absolute Gasteiger partial charge is 0.437 e. The highest BCUT2D eigenvalue weighted by Gasteiger charge is 2.64. The van der Waals surface area contributed by atoms with Crippen molar-refractivity contribution >= 4 is 44.7 Å². The zero-order chi connectivity index (χ0) is 46.0. The van der Waals surface area contributed by atoms with E-state index in [2.05, 4.69) is 20.3 Å². The van der Waals surface area contributed by atoms with Crippen molar-refractivity contribution in [2.45, 2.75) is 138 Å². The lowest BCUT2D eigenvalue weighted by Gasteiger charge is -2.45. The molecule has 4 amide bonds. The van der Waals surface area contributed by atoms with Gasteiger partial charge in [0.1, 0.15) is 34.6 Å². The number of carbonyl (C=O) groups is 4. The number of nitrogens with one attached hydrogen (secondary N) is 3. The molecule has 5 heterocycles. The van der Waals surface area contributed by atoms with E-state index in [1.165, 1.54) is 31.1 Å². The number of morpholine rings is 1. The van der Waals surface area contributed by atoms with Gasteiger partial charge in [0.2, 0.25) is 21.8 Å². The summed E-state index contributed by atoms with van der Waals surface area (Å²) in [5.74, 6) is -3.16. The van der Waals surface area contributed by atoms with Crippen LogP contribution >= 0.6 is 0 Å². The Bertz CT molecular complexity index is 2350. The molecule has 1 aromatic carbocycles. The van der Waals surface area contributed by atoms with Crippen molar-refractivity contribution in [1.29, 1.82) is 0 Å². The Labute approximate surface area is 370 Å². The Morgan fingerprint density at radius 1 is 1.02 bits per heavy atom. The van der Waals surface area contributed by atoms with Crippen LogP contribution in [0, 0.1) is 5.92 Å². The van der Waals surface area contributed by atoms with Gasteiger partial charge in [0.05, 0.1) is 37.1 Å². The van der Waals surface area contributed by atoms with E-state index in [0.717, 1.165) is 0 Å². The van der Waals surface area contributed by atoms with Crippen LogP contribution in [-0.2, 0) is 40.1 Å². The second-order valence-electron chi connectivity index (χ2n) is 19.3. The number of rotatable bonds is 6. The van der Waals surface area contributed by atoms with E-state index in [1.54, 1.807) is 32.9 Å². The molecule has 4 aliphatic heterocycles. The molecule has 2 aliphatic carbocycles. The number of hydrogen-bond acceptors (Lipinski definition) is 12. The van der Waals surface area contributed by atoms with Gasteiger partial charge in [-0.25, -0.2) is 18.2 Å². The average Bonchev–Trinajstić information content (AvgIpc) is 4.12. The lowest BCUT2D eigenvalue weighted by Crippen LogP contribution is -2.58. The minimum atomic E-state index is -4.99. The van der Waals surface area contributed by atoms with Gasteiger partial charge in [-0.3, -0.25) is 24.0 Å². The standard InChI is InChI=1S/C44H57F3N6O10S/c1-40(2,3)63-39(57)49-30-12-10-8-6-7-9-11-26-22-43(26,38(56)51-64(58,59)41(4)15-16-41)50-36(54)32-24-42(25-53(32)37(30)55)23-31(52-17-19-61-20-18-52)33-28-21-27(60-5)13-14-29(28)48-35(34(33)62-42)44(45,46)47/h9,11,13-14,21,26,30-32H,6-8,10,12,15-20,22-25H2,1-5H3,(H,49,57)(H,50,54)(H,51,56)/b11-9-/t26-,30+,31?,32+,42-,43-/m1/s1. The third-order valence-corrected chi connectivity index (χ3v) is 15.6. The molecule has 1 unspecified atom stereocenters. The number of sulfonamides is 1. The summed E-state index contributed by atoms with van der Waals surface area (Å²) in [5.41, 5.74) is -5.21. The molecule has 1 spiro atoms. The Morgan fingerprint density at radius 2 is 1.73 bits per heavy atom. The fraction of sp³-hybridized carbons (Fsp3) is 0.659. The van der Waals surface area contributed by atoms with Gasteiger partial charge in [0.15, 0.2) is 11.4 Å². The van der Waals surface area contributed by atoms with Gasteiger partial charge in [-0.15, -0.1) is 0 Å². The molecule has 6 aliphatic rings. The summed E-state index contributed by atoms with van der Waals surface area (Å²) in [5, 5.41) is 5.92. The van der Waals surface area contributed by atoms with Gasteiger partial charge in [0.25, 0.3) is 5.91 Å². The van der Waals surface area contributed by atoms with Crippen LogP contribution in [0.1, 0.15) is 109 Å². The summed E-state index contributed by atoms with van der Waals surface area (Å²) in [4.78, 5) is 64.8. The van der Waals surface area contributed by atoms with Crippen molar-refractivity contribution in [2.24, 2.45) is 5.92 Å². The molecule has 0 radical (unpaired) electrons.